The third kappa shape index (κ3) is 4.05. The molecular weight excluding hydrogens is 266 g/mol. The monoisotopic (exact) mass is 287 g/mol. The normalized spacial score (nSPS) is 12.4. The van der Waals surface area contributed by atoms with Crippen molar-refractivity contribution < 1.29 is 0 Å². The van der Waals surface area contributed by atoms with Crippen LogP contribution in [-0.4, -0.2) is 22.8 Å². The first kappa shape index (κ1) is 15.0. The quantitative estimate of drug-likeness (QED) is 0.675. The molecule has 0 bridgehead atoms. The molecule has 2 aromatic rings. The molecule has 0 radical (unpaired) electrons. The lowest BCUT2D eigenvalue weighted by Gasteiger charge is -2.17. The highest BCUT2D eigenvalue weighted by atomic mass is 32.2. The molecule has 1 unspecified atom stereocenters. The summed E-state index contributed by atoms with van der Waals surface area (Å²) in [6.07, 6.45) is 1.82. The van der Waals surface area contributed by atoms with E-state index in [1.807, 2.05) is 26.2 Å². The zero-order valence-corrected chi connectivity index (χ0v) is 13.3. The van der Waals surface area contributed by atoms with Gasteiger partial charge in [0.25, 0.3) is 0 Å². The number of aromatic nitrogens is 2. The Morgan fingerprint density at radius 3 is 2.45 bits per heavy atom. The average molecular weight is 287 g/mol. The van der Waals surface area contributed by atoms with E-state index in [0.717, 1.165) is 16.6 Å². The van der Waals surface area contributed by atoms with Gasteiger partial charge in [-0.3, -0.25) is 0 Å². The minimum atomic E-state index is 0.308. The van der Waals surface area contributed by atoms with Crippen LogP contribution in [0.15, 0.2) is 35.6 Å². The molecule has 0 aliphatic heterocycles. The van der Waals surface area contributed by atoms with E-state index in [2.05, 4.69) is 47.3 Å². The van der Waals surface area contributed by atoms with Gasteiger partial charge in [-0.05, 0) is 39.4 Å². The van der Waals surface area contributed by atoms with E-state index in [1.54, 1.807) is 11.8 Å². The first-order chi connectivity index (χ1) is 9.58. The van der Waals surface area contributed by atoms with Crippen LogP contribution >= 0.6 is 11.8 Å². The van der Waals surface area contributed by atoms with Gasteiger partial charge in [-0.15, -0.1) is 0 Å². The largest absolute Gasteiger partial charge is 0.312 e. The van der Waals surface area contributed by atoms with Crippen LogP contribution in [0.3, 0.4) is 0 Å². The number of aryl methyl sites for hydroxylation is 3. The van der Waals surface area contributed by atoms with E-state index < -0.39 is 0 Å². The maximum absolute atomic E-state index is 4.43. The van der Waals surface area contributed by atoms with Gasteiger partial charge in [0.1, 0.15) is 0 Å². The lowest BCUT2D eigenvalue weighted by atomic mass is 10.0. The Hall–Kier alpha value is -1.39. The highest BCUT2D eigenvalue weighted by molar-refractivity contribution is 7.99. The van der Waals surface area contributed by atoms with Crippen LogP contribution in [0.2, 0.25) is 0 Å². The van der Waals surface area contributed by atoms with E-state index in [1.165, 1.54) is 16.7 Å². The van der Waals surface area contributed by atoms with Gasteiger partial charge < -0.3 is 5.32 Å². The predicted molar refractivity (Wildman–Crippen MR) is 85.2 cm³/mol. The molecule has 2 rings (SSSR count). The van der Waals surface area contributed by atoms with Crippen molar-refractivity contribution in [2.75, 3.05) is 12.8 Å². The van der Waals surface area contributed by atoms with Crippen molar-refractivity contribution in [2.45, 2.75) is 32.0 Å². The SMILES string of the molecule is CNC(CSc1nccc(C)n1)c1cc(C)cc(C)c1. The molecular formula is C16H21N3S. The summed E-state index contributed by atoms with van der Waals surface area (Å²) in [7, 11) is 2.00. The van der Waals surface area contributed by atoms with E-state index >= 15 is 0 Å². The Morgan fingerprint density at radius 2 is 1.85 bits per heavy atom. The lowest BCUT2D eigenvalue weighted by Crippen LogP contribution is -2.19. The van der Waals surface area contributed by atoms with Gasteiger partial charge >= 0.3 is 0 Å². The number of thioether (sulfide) groups is 1. The molecule has 0 amide bonds. The van der Waals surface area contributed by atoms with Crippen molar-refractivity contribution >= 4 is 11.8 Å². The summed E-state index contributed by atoms with van der Waals surface area (Å²) in [6.45, 7) is 6.27. The van der Waals surface area contributed by atoms with Gasteiger partial charge in [0, 0.05) is 23.7 Å². The first-order valence-corrected chi connectivity index (χ1v) is 7.75. The molecule has 0 saturated carbocycles. The summed E-state index contributed by atoms with van der Waals surface area (Å²) < 4.78 is 0. The molecule has 106 valence electrons. The summed E-state index contributed by atoms with van der Waals surface area (Å²) in [5, 5.41) is 4.22. The standard InChI is InChI=1S/C16H21N3S/c1-11-7-12(2)9-14(8-11)15(17-4)10-20-16-18-6-5-13(3)19-16/h5-9,15,17H,10H2,1-4H3. The Labute approximate surface area is 125 Å². The van der Waals surface area contributed by atoms with Crippen LogP contribution in [0.4, 0.5) is 0 Å². The van der Waals surface area contributed by atoms with Gasteiger partial charge in [0.2, 0.25) is 0 Å². The number of hydrogen-bond acceptors (Lipinski definition) is 4. The zero-order valence-electron chi connectivity index (χ0n) is 12.5. The topological polar surface area (TPSA) is 37.8 Å². The number of nitrogens with one attached hydrogen (secondary N) is 1. The number of benzene rings is 1. The second kappa shape index (κ2) is 6.86. The third-order valence-corrected chi connectivity index (χ3v) is 4.10. The molecule has 0 saturated heterocycles. The third-order valence-electron chi connectivity index (χ3n) is 3.15. The average Bonchev–Trinajstić information content (AvgIpc) is 2.38. The minimum absolute atomic E-state index is 0.308. The Balaban J connectivity index is 2.09. The van der Waals surface area contributed by atoms with Crippen LogP contribution < -0.4 is 5.32 Å². The smallest absolute Gasteiger partial charge is 0.187 e. The van der Waals surface area contributed by atoms with Crippen molar-refractivity contribution in [1.29, 1.82) is 0 Å². The summed E-state index contributed by atoms with van der Waals surface area (Å²) >= 11 is 1.69. The molecule has 0 aliphatic rings. The molecule has 1 atom stereocenters. The molecule has 0 aliphatic carbocycles. The van der Waals surface area contributed by atoms with Crippen molar-refractivity contribution in [3.05, 3.63) is 52.8 Å². The van der Waals surface area contributed by atoms with Crippen LogP contribution in [0.5, 0.6) is 0 Å². The highest BCUT2D eigenvalue weighted by Crippen LogP contribution is 2.23. The fraction of sp³-hybridized carbons (Fsp3) is 0.375. The van der Waals surface area contributed by atoms with Gasteiger partial charge in [-0.25, -0.2) is 9.97 Å². The molecule has 1 heterocycles. The second-order valence-electron chi connectivity index (χ2n) is 5.05. The maximum atomic E-state index is 4.43. The molecule has 1 N–H and O–H groups in total. The van der Waals surface area contributed by atoms with Crippen molar-refractivity contribution in [3.8, 4) is 0 Å². The van der Waals surface area contributed by atoms with Crippen LogP contribution in [-0.2, 0) is 0 Å². The summed E-state index contributed by atoms with van der Waals surface area (Å²) in [5.74, 6) is 0.919. The Bertz CT molecular complexity index is 563. The van der Waals surface area contributed by atoms with Gasteiger partial charge in [-0.2, -0.15) is 0 Å². The molecule has 0 fully saturated rings. The number of nitrogens with zero attached hydrogens (tertiary/aromatic N) is 2. The van der Waals surface area contributed by atoms with E-state index in [9.17, 15) is 0 Å². The van der Waals surface area contributed by atoms with Gasteiger partial charge in [0.05, 0.1) is 0 Å². The molecule has 20 heavy (non-hydrogen) atoms. The predicted octanol–water partition coefficient (Wildman–Crippen LogP) is 3.45. The summed E-state index contributed by atoms with van der Waals surface area (Å²) in [4.78, 5) is 8.73. The van der Waals surface area contributed by atoms with Crippen molar-refractivity contribution in [3.63, 3.8) is 0 Å². The fourth-order valence-electron chi connectivity index (χ4n) is 2.21. The summed E-state index contributed by atoms with van der Waals surface area (Å²) in [5.41, 5.74) is 4.94. The van der Waals surface area contributed by atoms with Crippen LogP contribution in [0.1, 0.15) is 28.4 Å². The molecule has 3 nitrogen and oxygen atoms in total. The van der Waals surface area contributed by atoms with E-state index in [4.69, 9.17) is 0 Å². The molecule has 0 spiro atoms. The molecule has 1 aromatic heterocycles. The minimum Gasteiger partial charge on any atom is -0.312 e. The Morgan fingerprint density at radius 1 is 1.15 bits per heavy atom. The fourth-order valence-corrected chi connectivity index (χ4v) is 3.23. The Kier molecular flexibility index (Phi) is 5.15. The van der Waals surface area contributed by atoms with E-state index in [0.29, 0.717) is 6.04 Å². The first-order valence-electron chi connectivity index (χ1n) is 6.76. The number of hydrogen-bond donors (Lipinski definition) is 1. The summed E-state index contributed by atoms with van der Waals surface area (Å²) in [6, 6.07) is 8.91. The van der Waals surface area contributed by atoms with Crippen LogP contribution in [0.25, 0.3) is 0 Å². The number of rotatable bonds is 5. The van der Waals surface area contributed by atoms with Gasteiger partial charge in [-0.1, -0.05) is 41.1 Å². The maximum Gasteiger partial charge on any atom is 0.187 e. The molecule has 1 aromatic carbocycles. The van der Waals surface area contributed by atoms with Gasteiger partial charge in [0.15, 0.2) is 5.16 Å². The van der Waals surface area contributed by atoms with Crippen molar-refractivity contribution in [1.82, 2.24) is 15.3 Å². The van der Waals surface area contributed by atoms with Crippen LogP contribution in [0, 0.1) is 20.8 Å². The van der Waals surface area contributed by atoms with Crippen molar-refractivity contribution in [2.24, 2.45) is 0 Å². The van der Waals surface area contributed by atoms with E-state index in [-0.39, 0.29) is 0 Å². The zero-order chi connectivity index (χ0) is 14.5. The molecule has 4 heteroatoms. The lowest BCUT2D eigenvalue weighted by molar-refractivity contribution is 0.659. The highest BCUT2D eigenvalue weighted by Gasteiger charge is 2.11. The second-order valence-corrected chi connectivity index (χ2v) is 6.04.